The molecule has 18 heavy (non-hydrogen) atoms. The van der Waals surface area contributed by atoms with Crippen molar-refractivity contribution in [3.8, 4) is 0 Å². The molecule has 0 aromatic carbocycles. The van der Waals surface area contributed by atoms with E-state index in [9.17, 15) is 14.4 Å². The molecule has 7 heteroatoms. The van der Waals surface area contributed by atoms with Crippen molar-refractivity contribution in [2.45, 2.75) is 20.8 Å². The molecule has 0 atom stereocenters. The molecule has 0 spiro atoms. The number of nitrogens with zero attached hydrogens (tertiary/aromatic N) is 1. The minimum atomic E-state index is -0.352. The van der Waals surface area contributed by atoms with Crippen LogP contribution in [0.25, 0.3) is 0 Å². The summed E-state index contributed by atoms with van der Waals surface area (Å²) >= 11 is 0. The normalized spacial score (nSPS) is 10.0. The van der Waals surface area contributed by atoms with E-state index in [-0.39, 0.29) is 31.1 Å². The molecule has 0 unspecified atom stereocenters. The van der Waals surface area contributed by atoms with Crippen molar-refractivity contribution in [3.63, 3.8) is 0 Å². The third kappa shape index (κ3) is 10.9. The summed E-state index contributed by atoms with van der Waals surface area (Å²) in [5, 5.41) is 2.63. The Morgan fingerprint density at radius 2 is 1.39 bits per heavy atom. The van der Waals surface area contributed by atoms with Crippen molar-refractivity contribution in [1.82, 2.24) is 10.2 Å². The van der Waals surface area contributed by atoms with Gasteiger partial charge in [0.05, 0.1) is 6.67 Å². The molecule has 0 aliphatic rings. The smallest absolute Gasteiger partial charge is 0.302 e. The standard InChI is InChI=1S/C11H20N2O5/c1-9(14)12-8-13(4-6-17-10(2)15)5-7-18-11(3)16/h4-8H2,1-3H3,(H,12,14). The molecule has 0 saturated heterocycles. The van der Waals surface area contributed by atoms with Gasteiger partial charge in [0, 0.05) is 33.9 Å². The second-order valence-corrected chi connectivity index (χ2v) is 3.69. The third-order valence-electron chi connectivity index (χ3n) is 1.98. The molecular weight excluding hydrogens is 240 g/mol. The van der Waals surface area contributed by atoms with Crippen LogP contribution in [0.1, 0.15) is 20.8 Å². The molecule has 0 aliphatic carbocycles. The quantitative estimate of drug-likeness (QED) is 0.468. The Hall–Kier alpha value is -1.63. The lowest BCUT2D eigenvalue weighted by atomic mass is 10.5. The van der Waals surface area contributed by atoms with Gasteiger partial charge in [0.25, 0.3) is 0 Å². The maximum Gasteiger partial charge on any atom is 0.302 e. The highest BCUT2D eigenvalue weighted by atomic mass is 16.5. The van der Waals surface area contributed by atoms with Crippen LogP contribution in [-0.2, 0) is 23.9 Å². The maximum atomic E-state index is 10.8. The van der Waals surface area contributed by atoms with Gasteiger partial charge in [-0.2, -0.15) is 0 Å². The summed E-state index contributed by atoms with van der Waals surface area (Å²) in [6.45, 7) is 5.77. The molecule has 104 valence electrons. The van der Waals surface area contributed by atoms with E-state index in [4.69, 9.17) is 9.47 Å². The van der Waals surface area contributed by atoms with Crippen molar-refractivity contribution < 1.29 is 23.9 Å². The lowest BCUT2D eigenvalue weighted by Crippen LogP contribution is -2.40. The largest absolute Gasteiger partial charge is 0.465 e. The summed E-state index contributed by atoms with van der Waals surface area (Å²) in [7, 11) is 0. The summed E-state index contributed by atoms with van der Waals surface area (Å²) in [4.78, 5) is 33.8. The van der Waals surface area contributed by atoms with Crippen LogP contribution in [0.5, 0.6) is 0 Å². The zero-order valence-electron chi connectivity index (χ0n) is 11.0. The lowest BCUT2D eigenvalue weighted by molar-refractivity contribution is -0.142. The van der Waals surface area contributed by atoms with Crippen molar-refractivity contribution in [2.24, 2.45) is 0 Å². The van der Waals surface area contributed by atoms with Gasteiger partial charge in [-0.15, -0.1) is 0 Å². The first-order valence-corrected chi connectivity index (χ1v) is 5.65. The van der Waals surface area contributed by atoms with Gasteiger partial charge < -0.3 is 14.8 Å². The van der Waals surface area contributed by atoms with E-state index >= 15 is 0 Å². The average Bonchev–Trinajstić information content (AvgIpc) is 2.24. The molecule has 0 heterocycles. The molecule has 7 nitrogen and oxygen atoms in total. The minimum absolute atomic E-state index is 0.153. The molecule has 0 rings (SSSR count). The van der Waals surface area contributed by atoms with E-state index in [0.717, 1.165) is 0 Å². The van der Waals surface area contributed by atoms with Gasteiger partial charge in [0.2, 0.25) is 5.91 Å². The fourth-order valence-electron chi connectivity index (χ4n) is 1.13. The van der Waals surface area contributed by atoms with Gasteiger partial charge >= 0.3 is 11.9 Å². The molecule has 0 aromatic heterocycles. The molecule has 0 aromatic rings. The summed E-state index contributed by atoms with van der Waals surface area (Å²) in [6.07, 6.45) is 0. The summed E-state index contributed by atoms with van der Waals surface area (Å²) in [6, 6.07) is 0. The van der Waals surface area contributed by atoms with Gasteiger partial charge in [-0.05, 0) is 0 Å². The SMILES string of the molecule is CC(=O)NCN(CCOC(C)=O)CCOC(C)=O. The second kappa shape index (κ2) is 9.41. The average molecular weight is 260 g/mol. The van der Waals surface area contributed by atoms with Crippen molar-refractivity contribution in [1.29, 1.82) is 0 Å². The van der Waals surface area contributed by atoms with Crippen molar-refractivity contribution >= 4 is 17.8 Å². The number of rotatable bonds is 8. The highest BCUT2D eigenvalue weighted by Crippen LogP contribution is 1.89. The van der Waals surface area contributed by atoms with Crippen LogP contribution in [-0.4, -0.2) is 55.7 Å². The van der Waals surface area contributed by atoms with E-state index in [1.165, 1.54) is 20.8 Å². The Labute approximate surface area is 106 Å². The van der Waals surface area contributed by atoms with E-state index in [1.54, 1.807) is 0 Å². The fraction of sp³-hybridized carbons (Fsp3) is 0.727. The Morgan fingerprint density at radius 3 is 1.72 bits per heavy atom. The maximum absolute atomic E-state index is 10.8. The van der Waals surface area contributed by atoms with Crippen LogP contribution in [0.3, 0.4) is 0 Å². The minimum Gasteiger partial charge on any atom is -0.465 e. The van der Waals surface area contributed by atoms with Gasteiger partial charge in [0.1, 0.15) is 13.2 Å². The Balaban J connectivity index is 3.94. The number of nitrogens with one attached hydrogen (secondary N) is 1. The van der Waals surface area contributed by atoms with Gasteiger partial charge in [-0.3, -0.25) is 19.3 Å². The first-order valence-electron chi connectivity index (χ1n) is 5.65. The number of carbonyl (C=O) groups excluding carboxylic acids is 3. The fourth-order valence-corrected chi connectivity index (χ4v) is 1.13. The van der Waals surface area contributed by atoms with Gasteiger partial charge in [0.15, 0.2) is 0 Å². The zero-order chi connectivity index (χ0) is 14.0. The molecule has 1 N–H and O–H groups in total. The molecular formula is C11H20N2O5. The molecule has 0 radical (unpaired) electrons. The highest BCUT2D eigenvalue weighted by molar-refractivity contribution is 5.72. The van der Waals surface area contributed by atoms with Crippen LogP contribution in [0.2, 0.25) is 0 Å². The number of hydrogen-bond acceptors (Lipinski definition) is 6. The topological polar surface area (TPSA) is 84.9 Å². The number of carbonyl (C=O) groups is 3. The molecule has 0 fully saturated rings. The highest BCUT2D eigenvalue weighted by Gasteiger charge is 2.07. The van der Waals surface area contributed by atoms with Crippen LogP contribution < -0.4 is 5.32 Å². The Kier molecular flexibility index (Phi) is 8.55. The second-order valence-electron chi connectivity index (χ2n) is 3.69. The predicted octanol–water partition coefficient (Wildman–Crippen LogP) is -0.492. The Morgan fingerprint density at radius 1 is 0.944 bits per heavy atom. The Bertz CT molecular complexity index is 273. The lowest BCUT2D eigenvalue weighted by Gasteiger charge is -2.21. The van der Waals surface area contributed by atoms with Crippen LogP contribution in [0, 0.1) is 0 Å². The number of ether oxygens (including phenoxy) is 2. The molecule has 0 saturated carbocycles. The number of amides is 1. The van der Waals surface area contributed by atoms with Crippen LogP contribution >= 0.6 is 0 Å². The van der Waals surface area contributed by atoms with Crippen molar-refractivity contribution in [2.75, 3.05) is 33.0 Å². The van der Waals surface area contributed by atoms with Crippen LogP contribution in [0.15, 0.2) is 0 Å². The van der Waals surface area contributed by atoms with Gasteiger partial charge in [-0.1, -0.05) is 0 Å². The third-order valence-corrected chi connectivity index (χ3v) is 1.98. The number of hydrogen-bond donors (Lipinski definition) is 1. The zero-order valence-corrected chi connectivity index (χ0v) is 11.0. The van der Waals surface area contributed by atoms with E-state index in [0.29, 0.717) is 19.8 Å². The summed E-state index contributed by atoms with van der Waals surface area (Å²) in [5.74, 6) is -0.858. The predicted molar refractivity (Wildman–Crippen MR) is 63.5 cm³/mol. The van der Waals surface area contributed by atoms with E-state index < -0.39 is 0 Å². The number of esters is 2. The monoisotopic (exact) mass is 260 g/mol. The summed E-state index contributed by atoms with van der Waals surface area (Å²) < 4.78 is 9.61. The van der Waals surface area contributed by atoms with Gasteiger partial charge in [-0.25, -0.2) is 0 Å². The van der Waals surface area contributed by atoms with Crippen molar-refractivity contribution in [3.05, 3.63) is 0 Å². The first kappa shape index (κ1) is 16.4. The van der Waals surface area contributed by atoms with E-state index in [1.807, 2.05) is 4.90 Å². The first-order chi connectivity index (χ1) is 8.41. The molecule has 0 aliphatic heterocycles. The van der Waals surface area contributed by atoms with Crippen LogP contribution in [0.4, 0.5) is 0 Å². The molecule has 0 bridgehead atoms. The molecule has 1 amide bonds. The summed E-state index contributed by atoms with van der Waals surface area (Å²) in [5.41, 5.74) is 0. The van der Waals surface area contributed by atoms with E-state index in [2.05, 4.69) is 5.32 Å².